The third kappa shape index (κ3) is 3.21. The second kappa shape index (κ2) is 4.96. The van der Waals surface area contributed by atoms with Gasteiger partial charge in [-0.15, -0.1) is 0 Å². The molecular weight excluding hydrogens is 287 g/mol. The summed E-state index contributed by atoms with van der Waals surface area (Å²) >= 11 is 1.74. The highest BCUT2D eigenvalue weighted by molar-refractivity contribution is 8.00. The first-order valence-corrected chi connectivity index (χ1v) is 8.33. The largest absolute Gasteiger partial charge is 0.399 e. The van der Waals surface area contributed by atoms with E-state index in [2.05, 4.69) is 0 Å². The van der Waals surface area contributed by atoms with Crippen molar-refractivity contribution in [1.29, 1.82) is 0 Å². The van der Waals surface area contributed by atoms with Gasteiger partial charge in [-0.25, -0.2) is 12.8 Å². The molecule has 1 heterocycles. The molecule has 1 aliphatic heterocycles. The molecule has 0 aliphatic carbocycles. The SMILES string of the molecule is CC1(C)CN(S(=O)(=O)c2cc(N)cc(F)c2)CCS1. The molecule has 0 spiro atoms. The van der Waals surface area contributed by atoms with E-state index >= 15 is 0 Å². The number of hydrogen-bond donors (Lipinski definition) is 1. The predicted octanol–water partition coefficient (Wildman–Crippen LogP) is 1.92. The first kappa shape index (κ1) is 14.6. The Kier molecular flexibility index (Phi) is 3.81. The quantitative estimate of drug-likeness (QED) is 0.848. The highest BCUT2D eigenvalue weighted by Crippen LogP contribution is 2.32. The first-order valence-electron chi connectivity index (χ1n) is 5.91. The lowest BCUT2D eigenvalue weighted by Gasteiger charge is -2.36. The van der Waals surface area contributed by atoms with E-state index in [1.54, 1.807) is 11.8 Å². The van der Waals surface area contributed by atoms with Crippen LogP contribution in [0.5, 0.6) is 0 Å². The summed E-state index contributed by atoms with van der Waals surface area (Å²) in [4.78, 5) is -0.0762. The normalized spacial score (nSPS) is 20.4. The Morgan fingerprint density at radius 3 is 2.63 bits per heavy atom. The molecule has 1 aromatic rings. The number of nitrogen functional groups attached to an aromatic ring is 1. The van der Waals surface area contributed by atoms with Crippen LogP contribution < -0.4 is 5.73 Å². The molecule has 1 aliphatic rings. The molecule has 0 aromatic heterocycles. The summed E-state index contributed by atoms with van der Waals surface area (Å²) in [7, 11) is -3.68. The molecule has 2 rings (SSSR count). The van der Waals surface area contributed by atoms with E-state index in [9.17, 15) is 12.8 Å². The summed E-state index contributed by atoms with van der Waals surface area (Å²) in [5.74, 6) is 0.0982. The number of hydrogen-bond acceptors (Lipinski definition) is 4. The average molecular weight is 304 g/mol. The van der Waals surface area contributed by atoms with Gasteiger partial charge >= 0.3 is 0 Å². The van der Waals surface area contributed by atoms with Gasteiger partial charge in [0, 0.05) is 29.3 Å². The van der Waals surface area contributed by atoms with Crippen LogP contribution in [0.15, 0.2) is 23.1 Å². The van der Waals surface area contributed by atoms with Crippen molar-refractivity contribution in [3.8, 4) is 0 Å². The number of sulfonamides is 1. The van der Waals surface area contributed by atoms with Crippen LogP contribution in [0.25, 0.3) is 0 Å². The molecule has 106 valence electrons. The van der Waals surface area contributed by atoms with E-state index in [1.165, 1.54) is 10.4 Å². The minimum atomic E-state index is -3.68. The van der Waals surface area contributed by atoms with Crippen molar-refractivity contribution in [2.45, 2.75) is 23.5 Å². The molecule has 0 saturated carbocycles. The second-order valence-corrected chi connectivity index (χ2v) is 8.91. The fourth-order valence-electron chi connectivity index (χ4n) is 2.06. The molecule has 0 amide bonds. The predicted molar refractivity (Wildman–Crippen MR) is 76.1 cm³/mol. The van der Waals surface area contributed by atoms with Crippen LogP contribution >= 0.6 is 11.8 Å². The summed E-state index contributed by atoms with van der Waals surface area (Å²) in [6.07, 6.45) is 0. The number of nitrogens with zero attached hydrogens (tertiary/aromatic N) is 1. The van der Waals surface area contributed by atoms with Crippen molar-refractivity contribution in [2.24, 2.45) is 0 Å². The van der Waals surface area contributed by atoms with E-state index in [-0.39, 0.29) is 15.3 Å². The van der Waals surface area contributed by atoms with Gasteiger partial charge in [-0.2, -0.15) is 16.1 Å². The molecular formula is C12H17FN2O2S2. The van der Waals surface area contributed by atoms with E-state index in [4.69, 9.17) is 5.73 Å². The van der Waals surface area contributed by atoms with Gasteiger partial charge in [-0.3, -0.25) is 0 Å². The van der Waals surface area contributed by atoms with Crippen molar-refractivity contribution < 1.29 is 12.8 Å². The van der Waals surface area contributed by atoms with Gasteiger partial charge < -0.3 is 5.73 Å². The number of halogens is 1. The summed E-state index contributed by atoms with van der Waals surface area (Å²) in [6, 6.07) is 3.42. The van der Waals surface area contributed by atoms with Crippen LogP contribution in [0.1, 0.15) is 13.8 Å². The van der Waals surface area contributed by atoms with Crippen LogP contribution in [0.2, 0.25) is 0 Å². The minimum absolute atomic E-state index is 0.0762. The fourth-order valence-corrected chi connectivity index (χ4v) is 5.04. The standard InChI is InChI=1S/C12H17FN2O2S2/c1-12(2)8-15(3-4-18-12)19(16,17)11-6-9(13)5-10(14)7-11/h5-7H,3-4,8,14H2,1-2H3. The number of nitrogens with two attached hydrogens (primary N) is 1. The van der Waals surface area contributed by atoms with Crippen LogP contribution in [-0.2, 0) is 10.0 Å². The van der Waals surface area contributed by atoms with Crippen molar-refractivity contribution >= 4 is 27.5 Å². The van der Waals surface area contributed by atoms with E-state index in [0.29, 0.717) is 13.1 Å². The molecule has 1 aromatic carbocycles. The molecule has 0 radical (unpaired) electrons. The number of benzene rings is 1. The highest BCUT2D eigenvalue weighted by atomic mass is 32.2. The van der Waals surface area contributed by atoms with Gasteiger partial charge in [0.1, 0.15) is 5.82 Å². The maximum absolute atomic E-state index is 13.3. The summed E-state index contributed by atoms with van der Waals surface area (Å²) in [5.41, 5.74) is 5.63. The highest BCUT2D eigenvalue weighted by Gasteiger charge is 2.34. The molecule has 0 atom stereocenters. The van der Waals surface area contributed by atoms with Crippen LogP contribution in [0.4, 0.5) is 10.1 Å². The first-order chi connectivity index (χ1) is 8.71. The van der Waals surface area contributed by atoms with Crippen molar-refractivity contribution in [1.82, 2.24) is 4.31 Å². The number of rotatable bonds is 2. The maximum atomic E-state index is 13.3. The van der Waals surface area contributed by atoms with Gasteiger partial charge in [0.2, 0.25) is 10.0 Å². The Labute approximate surface area is 117 Å². The molecule has 0 unspecified atom stereocenters. The lowest BCUT2D eigenvalue weighted by Crippen LogP contribution is -2.46. The van der Waals surface area contributed by atoms with Gasteiger partial charge in [0.25, 0.3) is 0 Å². The summed E-state index contributed by atoms with van der Waals surface area (Å²) in [6.45, 7) is 4.85. The minimum Gasteiger partial charge on any atom is -0.399 e. The second-order valence-electron chi connectivity index (χ2n) is 5.17. The van der Waals surface area contributed by atoms with Crippen LogP contribution in [0, 0.1) is 5.82 Å². The zero-order valence-electron chi connectivity index (χ0n) is 10.9. The van der Waals surface area contributed by atoms with E-state index < -0.39 is 15.8 Å². The summed E-state index contributed by atoms with van der Waals surface area (Å²) in [5, 5.41) is 0. The number of thioether (sulfide) groups is 1. The molecule has 1 fully saturated rings. The lowest BCUT2D eigenvalue weighted by molar-refractivity contribution is 0.387. The topological polar surface area (TPSA) is 63.4 Å². The Bertz CT molecular complexity index is 567. The van der Waals surface area contributed by atoms with E-state index in [0.717, 1.165) is 17.9 Å². The monoisotopic (exact) mass is 304 g/mol. The Morgan fingerprint density at radius 2 is 2.05 bits per heavy atom. The third-order valence-corrected chi connectivity index (χ3v) is 6.04. The average Bonchev–Trinajstić information content (AvgIpc) is 2.26. The lowest BCUT2D eigenvalue weighted by atomic mass is 10.2. The zero-order valence-corrected chi connectivity index (χ0v) is 12.5. The Hall–Kier alpha value is -0.790. The Balaban J connectivity index is 2.36. The van der Waals surface area contributed by atoms with Crippen molar-refractivity contribution in [3.63, 3.8) is 0 Å². The number of anilines is 1. The van der Waals surface area contributed by atoms with Crippen LogP contribution in [0.3, 0.4) is 0 Å². The Morgan fingerprint density at radius 1 is 1.37 bits per heavy atom. The molecule has 19 heavy (non-hydrogen) atoms. The third-order valence-electron chi connectivity index (χ3n) is 2.92. The molecule has 2 N–H and O–H groups in total. The molecule has 7 heteroatoms. The fraction of sp³-hybridized carbons (Fsp3) is 0.500. The van der Waals surface area contributed by atoms with Crippen molar-refractivity contribution in [2.75, 3.05) is 24.6 Å². The molecule has 0 bridgehead atoms. The van der Waals surface area contributed by atoms with Crippen molar-refractivity contribution in [3.05, 3.63) is 24.0 Å². The van der Waals surface area contributed by atoms with Gasteiger partial charge in [0.15, 0.2) is 0 Å². The van der Waals surface area contributed by atoms with E-state index in [1.807, 2.05) is 13.8 Å². The van der Waals surface area contributed by atoms with Gasteiger partial charge in [-0.05, 0) is 32.0 Å². The van der Waals surface area contributed by atoms with Crippen LogP contribution in [-0.4, -0.2) is 36.3 Å². The summed E-state index contributed by atoms with van der Waals surface area (Å²) < 4.78 is 39.5. The maximum Gasteiger partial charge on any atom is 0.243 e. The smallest absolute Gasteiger partial charge is 0.243 e. The zero-order chi connectivity index (χ0) is 14.3. The molecule has 4 nitrogen and oxygen atoms in total. The van der Waals surface area contributed by atoms with Gasteiger partial charge in [-0.1, -0.05) is 0 Å². The molecule has 1 saturated heterocycles. The van der Waals surface area contributed by atoms with Gasteiger partial charge in [0.05, 0.1) is 4.90 Å².